The Labute approximate surface area is 114 Å². The highest BCUT2D eigenvalue weighted by Gasteiger charge is 1.94. The summed E-state index contributed by atoms with van der Waals surface area (Å²) in [5, 5.41) is 0. The number of benzene rings is 1. The van der Waals surface area contributed by atoms with Gasteiger partial charge in [0, 0.05) is 10.6 Å². The van der Waals surface area contributed by atoms with Crippen molar-refractivity contribution in [3.05, 3.63) is 30.3 Å². The molecule has 0 aliphatic carbocycles. The summed E-state index contributed by atoms with van der Waals surface area (Å²) >= 11 is 0. The maximum absolute atomic E-state index is 2.28. The summed E-state index contributed by atoms with van der Waals surface area (Å²) in [6, 6.07) is 10.7. The molecule has 1 rings (SSSR count). The Kier molecular flexibility index (Phi) is 9.72. The molecule has 0 fully saturated rings. The number of unbranched alkanes of at least 4 members (excludes halogenated alkanes) is 6. The Hall–Kier alpha value is -0.0800. The third kappa shape index (κ3) is 8.62. The monoisotopic (exact) mass is 268 g/mol. The van der Waals surface area contributed by atoms with E-state index >= 15 is 0 Å². The minimum atomic E-state index is 1.29. The van der Waals surface area contributed by atoms with E-state index in [0.717, 1.165) is 0 Å². The molecule has 0 N–H and O–H groups in total. The highest BCUT2D eigenvalue weighted by molar-refractivity contribution is 8.76. The van der Waals surface area contributed by atoms with E-state index in [1.165, 1.54) is 55.6 Å². The molecular weight excluding hydrogens is 244 g/mol. The first-order valence-electron chi connectivity index (χ1n) is 6.78. The van der Waals surface area contributed by atoms with E-state index < -0.39 is 0 Å². The van der Waals surface area contributed by atoms with Crippen LogP contribution in [0.1, 0.15) is 51.9 Å². The van der Waals surface area contributed by atoms with Crippen LogP contribution in [-0.2, 0) is 0 Å². The Balaban J connectivity index is 1.85. The zero-order valence-corrected chi connectivity index (χ0v) is 12.5. The molecule has 0 aliphatic rings. The molecule has 0 amide bonds. The Morgan fingerprint density at radius 3 is 2.18 bits per heavy atom. The van der Waals surface area contributed by atoms with Crippen LogP contribution in [-0.4, -0.2) is 5.75 Å². The molecule has 0 atom stereocenters. The van der Waals surface area contributed by atoms with Crippen molar-refractivity contribution in [1.82, 2.24) is 0 Å². The molecule has 0 radical (unpaired) electrons. The Morgan fingerprint density at radius 2 is 1.47 bits per heavy atom. The topological polar surface area (TPSA) is 0 Å². The van der Waals surface area contributed by atoms with E-state index in [2.05, 4.69) is 37.3 Å². The van der Waals surface area contributed by atoms with Gasteiger partial charge in [0.25, 0.3) is 0 Å². The molecule has 2 heteroatoms. The minimum Gasteiger partial charge on any atom is -0.0889 e. The Bertz CT molecular complexity index is 259. The molecule has 0 nitrogen and oxygen atoms in total. The van der Waals surface area contributed by atoms with Crippen molar-refractivity contribution in [2.24, 2.45) is 0 Å². The first-order chi connectivity index (χ1) is 8.43. The van der Waals surface area contributed by atoms with Gasteiger partial charge in [0.1, 0.15) is 0 Å². The summed E-state index contributed by atoms with van der Waals surface area (Å²) in [7, 11) is 3.90. The van der Waals surface area contributed by atoms with Crippen LogP contribution in [0.5, 0.6) is 0 Å². The fraction of sp³-hybridized carbons (Fsp3) is 0.600. The van der Waals surface area contributed by atoms with Gasteiger partial charge in [-0.3, -0.25) is 0 Å². The van der Waals surface area contributed by atoms with Crippen LogP contribution in [0, 0.1) is 0 Å². The molecule has 1 aromatic carbocycles. The fourth-order valence-electron chi connectivity index (χ4n) is 1.70. The van der Waals surface area contributed by atoms with Crippen LogP contribution < -0.4 is 0 Å². The van der Waals surface area contributed by atoms with Crippen molar-refractivity contribution in [3.8, 4) is 0 Å². The molecule has 0 unspecified atom stereocenters. The van der Waals surface area contributed by atoms with E-state index in [9.17, 15) is 0 Å². The van der Waals surface area contributed by atoms with E-state index in [1.807, 2.05) is 21.6 Å². The first kappa shape index (κ1) is 15.0. The lowest BCUT2D eigenvalue weighted by Crippen LogP contribution is -1.81. The van der Waals surface area contributed by atoms with Crippen LogP contribution in [0.15, 0.2) is 35.2 Å². The summed E-state index contributed by atoms with van der Waals surface area (Å²) in [6.07, 6.45) is 9.84. The molecule has 0 aliphatic heterocycles. The van der Waals surface area contributed by atoms with Gasteiger partial charge in [-0.1, -0.05) is 85.2 Å². The summed E-state index contributed by atoms with van der Waals surface area (Å²) in [6.45, 7) is 2.28. The molecule has 0 heterocycles. The second kappa shape index (κ2) is 11.0. The molecule has 17 heavy (non-hydrogen) atoms. The van der Waals surface area contributed by atoms with Gasteiger partial charge in [0.05, 0.1) is 0 Å². The highest BCUT2D eigenvalue weighted by atomic mass is 33.1. The predicted molar refractivity (Wildman–Crippen MR) is 82.8 cm³/mol. The van der Waals surface area contributed by atoms with Gasteiger partial charge >= 0.3 is 0 Å². The molecule has 0 saturated carbocycles. The van der Waals surface area contributed by atoms with Gasteiger partial charge in [0.15, 0.2) is 0 Å². The maximum Gasteiger partial charge on any atom is 0.0182 e. The minimum absolute atomic E-state index is 1.29. The van der Waals surface area contributed by atoms with E-state index in [-0.39, 0.29) is 0 Å². The smallest absolute Gasteiger partial charge is 0.0182 e. The highest BCUT2D eigenvalue weighted by Crippen LogP contribution is 2.31. The number of hydrogen-bond acceptors (Lipinski definition) is 2. The van der Waals surface area contributed by atoms with E-state index in [0.29, 0.717) is 0 Å². The number of rotatable bonds is 10. The summed E-state index contributed by atoms with van der Waals surface area (Å²) in [5.74, 6) is 1.29. The quantitative estimate of drug-likeness (QED) is 0.367. The zero-order chi connectivity index (χ0) is 12.2. The zero-order valence-electron chi connectivity index (χ0n) is 10.9. The van der Waals surface area contributed by atoms with Crippen molar-refractivity contribution in [3.63, 3.8) is 0 Å². The van der Waals surface area contributed by atoms with Crippen molar-refractivity contribution in [2.45, 2.75) is 56.8 Å². The molecule has 96 valence electrons. The molecular formula is C15H24S2. The van der Waals surface area contributed by atoms with Crippen LogP contribution in [0.25, 0.3) is 0 Å². The van der Waals surface area contributed by atoms with Gasteiger partial charge in [-0.15, -0.1) is 0 Å². The third-order valence-corrected chi connectivity index (χ3v) is 5.20. The number of hydrogen-bond donors (Lipinski definition) is 0. The molecule has 0 aromatic heterocycles. The SMILES string of the molecule is CCCCCCCCCSSc1ccccc1. The summed E-state index contributed by atoms with van der Waals surface area (Å²) < 4.78 is 0. The molecule has 0 spiro atoms. The third-order valence-electron chi connectivity index (χ3n) is 2.73. The average molecular weight is 268 g/mol. The van der Waals surface area contributed by atoms with Crippen molar-refractivity contribution < 1.29 is 0 Å². The van der Waals surface area contributed by atoms with Gasteiger partial charge in [-0.25, -0.2) is 0 Å². The molecule has 0 saturated heterocycles. The van der Waals surface area contributed by atoms with E-state index in [4.69, 9.17) is 0 Å². The van der Waals surface area contributed by atoms with Crippen molar-refractivity contribution in [1.29, 1.82) is 0 Å². The molecule has 1 aromatic rings. The van der Waals surface area contributed by atoms with Gasteiger partial charge in [0.2, 0.25) is 0 Å². The van der Waals surface area contributed by atoms with Crippen molar-refractivity contribution >= 4 is 21.6 Å². The largest absolute Gasteiger partial charge is 0.0889 e. The standard InChI is InChI=1S/C15H24S2/c1-2-3-4-5-6-7-11-14-16-17-15-12-9-8-10-13-15/h8-10,12-13H,2-7,11,14H2,1H3. The first-order valence-corrected chi connectivity index (χ1v) is 9.10. The van der Waals surface area contributed by atoms with Crippen LogP contribution >= 0.6 is 21.6 Å². The Morgan fingerprint density at radius 1 is 0.824 bits per heavy atom. The van der Waals surface area contributed by atoms with Crippen molar-refractivity contribution in [2.75, 3.05) is 5.75 Å². The summed E-state index contributed by atoms with van der Waals surface area (Å²) in [4.78, 5) is 1.38. The lowest BCUT2D eigenvalue weighted by Gasteiger charge is -2.02. The van der Waals surface area contributed by atoms with Gasteiger partial charge in [-0.2, -0.15) is 0 Å². The van der Waals surface area contributed by atoms with E-state index in [1.54, 1.807) is 0 Å². The fourth-order valence-corrected chi connectivity index (χ4v) is 3.86. The molecule has 0 bridgehead atoms. The second-order valence-corrected chi connectivity index (χ2v) is 6.83. The van der Waals surface area contributed by atoms with Gasteiger partial charge in [-0.05, 0) is 18.6 Å². The normalized spacial score (nSPS) is 10.6. The predicted octanol–water partition coefficient (Wildman–Crippen LogP) is 6.18. The summed E-state index contributed by atoms with van der Waals surface area (Å²) in [5.41, 5.74) is 0. The second-order valence-electron chi connectivity index (χ2n) is 4.34. The lowest BCUT2D eigenvalue weighted by atomic mass is 10.1. The maximum atomic E-state index is 2.28. The van der Waals surface area contributed by atoms with Crippen LogP contribution in [0.2, 0.25) is 0 Å². The lowest BCUT2D eigenvalue weighted by molar-refractivity contribution is 0.604. The van der Waals surface area contributed by atoms with Gasteiger partial charge < -0.3 is 0 Å². The van der Waals surface area contributed by atoms with Crippen LogP contribution in [0.3, 0.4) is 0 Å². The van der Waals surface area contributed by atoms with Crippen LogP contribution in [0.4, 0.5) is 0 Å². The average Bonchev–Trinajstić information content (AvgIpc) is 2.38.